The number of aliphatic carboxylic acids is 2. The molecule has 0 rings (SSSR count). The van der Waals surface area contributed by atoms with Crippen LogP contribution in [0.1, 0.15) is 19.8 Å². The third-order valence-corrected chi connectivity index (χ3v) is 1.25. The summed E-state index contributed by atoms with van der Waals surface area (Å²) in [6.07, 6.45) is 3.05. The molecule has 1 atom stereocenters. The number of allylic oxidation sites excluding steroid dienone is 1. The molecule has 0 radical (unpaired) electrons. The van der Waals surface area contributed by atoms with Crippen molar-refractivity contribution >= 4 is 11.9 Å². The number of carboxylic acid groups (broad SMARTS) is 2. The molecule has 0 aliphatic heterocycles. The van der Waals surface area contributed by atoms with Crippen LogP contribution in [0.4, 0.5) is 0 Å². The van der Waals surface area contributed by atoms with Crippen LogP contribution >= 0.6 is 0 Å². The van der Waals surface area contributed by atoms with Crippen LogP contribution in [0.3, 0.4) is 0 Å². The fourth-order valence-electron chi connectivity index (χ4n) is 0.745. The van der Waals surface area contributed by atoms with E-state index in [4.69, 9.17) is 10.2 Å². The third kappa shape index (κ3) is 6.80. The molecule has 12 heavy (non-hydrogen) atoms. The quantitative estimate of drug-likeness (QED) is 0.609. The predicted molar refractivity (Wildman–Crippen MR) is 42.8 cm³/mol. The van der Waals surface area contributed by atoms with Crippen LogP contribution < -0.4 is 0 Å². The Bertz CT molecular complexity index is 195. The number of carboxylic acids is 2. The molecule has 0 spiro atoms. The average molecular weight is 172 g/mol. The summed E-state index contributed by atoms with van der Waals surface area (Å²) in [7, 11) is 0. The van der Waals surface area contributed by atoms with Crippen molar-refractivity contribution in [3.8, 4) is 0 Å². The normalized spacial score (nSPS) is 13.1. The van der Waals surface area contributed by atoms with Crippen LogP contribution in [-0.2, 0) is 9.59 Å². The van der Waals surface area contributed by atoms with Gasteiger partial charge in [0.2, 0.25) is 0 Å². The summed E-state index contributed by atoms with van der Waals surface area (Å²) in [6.45, 7) is 1.73. The molecule has 1 unspecified atom stereocenters. The smallest absolute Gasteiger partial charge is 0.307 e. The maximum atomic E-state index is 10.2. The van der Waals surface area contributed by atoms with E-state index in [0.29, 0.717) is 0 Å². The van der Waals surface area contributed by atoms with Crippen molar-refractivity contribution in [1.29, 1.82) is 0 Å². The SMILES string of the molecule is CC(/C=C/CC(=O)O)CC(=O)O. The Morgan fingerprint density at radius 2 is 1.92 bits per heavy atom. The Balaban J connectivity index is 3.67. The number of rotatable bonds is 5. The van der Waals surface area contributed by atoms with Crippen LogP contribution in [0.5, 0.6) is 0 Å². The van der Waals surface area contributed by atoms with Gasteiger partial charge in [-0.25, -0.2) is 0 Å². The Hall–Kier alpha value is -1.32. The number of hydrogen-bond acceptors (Lipinski definition) is 2. The van der Waals surface area contributed by atoms with Crippen LogP contribution in [0.15, 0.2) is 12.2 Å². The summed E-state index contributed by atoms with van der Waals surface area (Å²) in [5.41, 5.74) is 0. The highest BCUT2D eigenvalue weighted by molar-refractivity contribution is 5.69. The third-order valence-electron chi connectivity index (χ3n) is 1.25. The molecule has 4 nitrogen and oxygen atoms in total. The summed E-state index contributed by atoms with van der Waals surface area (Å²) in [6, 6.07) is 0. The zero-order valence-corrected chi connectivity index (χ0v) is 6.86. The lowest BCUT2D eigenvalue weighted by Gasteiger charge is -1.99. The van der Waals surface area contributed by atoms with Gasteiger partial charge in [0.1, 0.15) is 0 Å². The lowest BCUT2D eigenvalue weighted by atomic mass is 10.1. The van der Waals surface area contributed by atoms with Gasteiger partial charge in [0.25, 0.3) is 0 Å². The predicted octanol–water partition coefficient (Wildman–Crippen LogP) is 1.13. The van der Waals surface area contributed by atoms with E-state index < -0.39 is 11.9 Å². The second kappa shape index (κ2) is 5.35. The second-order valence-electron chi connectivity index (χ2n) is 2.60. The molecule has 0 bridgehead atoms. The van der Waals surface area contributed by atoms with E-state index in [1.54, 1.807) is 13.0 Å². The molecule has 0 saturated heterocycles. The largest absolute Gasteiger partial charge is 0.481 e. The van der Waals surface area contributed by atoms with Gasteiger partial charge in [-0.05, 0) is 5.92 Å². The minimum Gasteiger partial charge on any atom is -0.481 e. The molecule has 68 valence electrons. The van der Waals surface area contributed by atoms with E-state index in [-0.39, 0.29) is 18.8 Å². The lowest BCUT2D eigenvalue weighted by Crippen LogP contribution is -2.01. The van der Waals surface area contributed by atoms with Gasteiger partial charge in [-0.1, -0.05) is 19.1 Å². The molecule has 0 aromatic rings. The van der Waals surface area contributed by atoms with Gasteiger partial charge in [0.15, 0.2) is 0 Å². The fraction of sp³-hybridized carbons (Fsp3) is 0.500. The van der Waals surface area contributed by atoms with Crippen LogP contribution in [0.25, 0.3) is 0 Å². The van der Waals surface area contributed by atoms with Crippen molar-refractivity contribution in [3.63, 3.8) is 0 Å². The highest BCUT2D eigenvalue weighted by atomic mass is 16.4. The summed E-state index contributed by atoms with van der Waals surface area (Å²) >= 11 is 0. The first-order chi connectivity index (χ1) is 5.52. The Labute approximate surface area is 70.5 Å². The lowest BCUT2D eigenvalue weighted by molar-refractivity contribution is -0.137. The molecule has 0 saturated carbocycles. The van der Waals surface area contributed by atoms with E-state index in [9.17, 15) is 9.59 Å². The standard InChI is InChI=1S/C8H12O4/c1-6(5-8(11)12)3-2-4-7(9)10/h2-3,6H,4-5H2,1H3,(H,9,10)(H,11,12)/b3-2+. The maximum Gasteiger partial charge on any atom is 0.307 e. The molecule has 0 aliphatic rings. The van der Waals surface area contributed by atoms with Crippen LogP contribution in [0, 0.1) is 5.92 Å². The first-order valence-electron chi connectivity index (χ1n) is 3.62. The molecule has 0 heterocycles. The second-order valence-corrected chi connectivity index (χ2v) is 2.60. The Morgan fingerprint density at radius 1 is 1.33 bits per heavy atom. The number of carbonyl (C=O) groups is 2. The molecular weight excluding hydrogens is 160 g/mol. The van der Waals surface area contributed by atoms with Crippen molar-refractivity contribution in [1.82, 2.24) is 0 Å². The van der Waals surface area contributed by atoms with E-state index >= 15 is 0 Å². The van der Waals surface area contributed by atoms with E-state index in [1.165, 1.54) is 6.08 Å². The van der Waals surface area contributed by atoms with Crippen molar-refractivity contribution in [2.24, 2.45) is 5.92 Å². The van der Waals surface area contributed by atoms with Crippen LogP contribution in [-0.4, -0.2) is 22.2 Å². The van der Waals surface area contributed by atoms with Crippen LogP contribution in [0.2, 0.25) is 0 Å². The van der Waals surface area contributed by atoms with Crippen molar-refractivity contribution in [2.45, 2.75) is 19.8 Å². The van der Waals surface area contributed by atoms with Crippen molar-refractivity contribution in [2.75, 3.05) is 0 Å². The topological polar surface area (TPSA) is 74.6 Å². The first-order valence-corrected chi connectivity index (χ1v) is 3.62. The van der Waals surface area contributed by atoms with E-state index in [1.807, 2.05) is 0 Å². The monoisotopic (exact) mass is 172 g/mol. The minimum absolute atomic E-state index is 0.0378. The van der Waals surface area contributed by atoms with Gasteiger partial charge in [0.05, 0.1) is 12.8 Å². The molecular formula is C8H12O4. The van der Waals surface area contributed by atoms with E-state index in [0.717, 1.165) is 0 Å². The molecule has 2 N–H and O–H groups in total. The summed E-state index contributed by atoms with van der Waals surface area (Å²) in [5, 5.41) is 16.6. The van der Waals surface area contributed by atoms with Gasteiger partial charge in [-0.2, -0.15) is 0 Å². The average Bonchev–Trinajstić information content (AvgIpc) is 1.84. The molecule has 0 fully saturated rings. The zero-order chi connectivity index (χ0) is 9.56. The highest BCUT2D eigenvalue weighted by Gasteiger charge is 2.02. The first kappa shape index (κ1) is 10.7. The Morgan fingerprint density at radius 3 is 2.33 bits per heavy atom. The van der Waals surface area contributed by atoms with Crippen molar-refractivity contribution < 1.29 is 19.8 Å². The molecule has 0 aromatic heterocycles. The summed E-state index contributed by atoms with van der Waals surface area (Å²) in [5.74, 6) is -1.89. The number of hydrogen-bond donors (Lipinski definition) is 2. The van der Waals surface area contributed by atoms with Gasteiger partial charge >= 0.3 is 11.9 Å². The van der Waals surface area contributed by atoms with Gasteiger partial charge in [-0.3, -0.25) is 9.59 Å². The van der Waals surface area contributed by atoms with Gasteiger partial charge in [-0.15, -0.1) is 0 Å². The molecule has 0 aromatic carbocycles. The zero-order valence-electron chi connectivity index (χ0n) is 6.86. The minimum atomic E-state index is -0.909. The van der Waals surface area contributed by atoms with E-state index in [2.05, 4.69) is 0 Å². The van der Waals surface area contributed by atoms with Gasteiger partial charge < -0.3 is 10.2 Å². The molecule has 0 amide bonds. The Kier molecular flexibility index (Phi) is 4.76. The highest BCUT2D eigenvalue weighted by Crippen LogP contribution is 2.03. The maximum absolute atomic E-state index is 10.2. The summed E-state index contributed by atoms with van der Waals surface area (Å²) < 4.78 is 0. The molecule has 0 aliphatic carbocycles. The summed E-state index contributed by atoms with van der Waals surface area (Å²) in [4.78, 5) is 20.2. The fourth-order valence-corrected chi connectivity index (χ4v) is 0.745. The van der Waals surface area contributed by atoms with Crippen molar-refractivity contribution in [3.05, 3.63) is 12.2 Å². The molecule has 4 heteroatoms. The van der Waals surface area contributed by atoms with Gasteiger partial charge in [0, 0.05) is 0 Å².